The van der Waals surface area contributed by atoms with Crippen molar-refractivity contribution in [3.05, 3.63) is 48.4 Å². The Balaban J connectivity index is 1.47. The van der Waals surface area contributed by atoms with Crippen LogP contribution in [0.3, 0.4) is 0 Å². The van der Waals surface area contributed by atoms with E-state index in [9.17, 15) is 4.79 Å². The summed E-state index contributed by atoms with van der Waals surface area (Å²) in [4.78, 5) is 22.3. The average molecular weight is 300 g/mol. The lowest BCUT2D eigenvalue weighted by atomic mass is 9.97. The van der Waals surface area contributed by atoms with Gasteiger partial charge in [0.1, 0.15) is 5.69 Å². The highest BCUT2D eigenvalue weighted by Gasteiger charge is 2.21. The van der Waals surface area contributed by atoms with Gasteiger partial charge in [0.15, 0.2) is 0 Å². The Kier molecular flexibility index (Phi) is 4.80. The number of likely N-dealkylation sites (tertiary alicyclic amines) is 1. The predicted molar refractivity (Wildman–Crippen MR) is 81.1 cm³/mol. The first kappa shape index (κ1) is 14.7. The third-order valence-electron chi connectivity index (χ3n) is 3.94. The third-order valence-corrected chi connectivity index (χ3v) is 3.94. The van der Waals surface area contributed by atoms with Gasteiger partial charge in [-0.1, -0.05) is 0 Å². The Labute approximate surface area is 129 Å². The molecule has 116 valence electrons. The minimum atomic E-state index is -0.153. The predicted octanol–water partition coefficient (Wildman–Crippen LogP) is 1.71. The zero-order valence-corrected chi connectivity index (χ0v) is 12.4. The molecule has 0 radical (unpaired) electrons. The quantitative estimate of drug-likeness (QED) is 0.910. The first-order chi connectivity index (χ1) is 10.8. The molecule has 0 bridgehead atoms. The van der Waals surface area contributed by atoms with E-state index in [-0.39, 0.29) is 5.91 Å². The van der Waals surface area contributed by atoms with Gasteiger partial charge < -0.3 is 9.73 Å². The molecular formula is C16H20N4O2. The molecule has 3 rings (SSSR count). The Hall–Kier alpha value is -2.21. The van der Waals surface area contributed by atoms with E-state index >= 15 is 0 Å². The number of furan rings is 1. The number of rotatable bonds is 5. The van der Waals surface area contributed by atoms with Gasteiger partial charge in [-0.05, 0) is 31.4 Å². The van der Waals surface area contributed by atoms with Gasteiger partial charge in [0.25, 0.3) is 5.91 Å². The summed E-state index contributed by atoms with van der Waals surface area (Å²) in [6.07, 6.45) is 10.4. The van der Waals surface area contributed by atoms with Crippen molar-refractivity contribution in [3.63, 3.8) is 0 Å². The van der Waals surface area contributed by atoms with Crippen LogP contribution in [0.25, 0.3) is 0 Å². The minimum Gasteiger partial charge on any atom is -0.472 e. The molecule has 1 fully saturated rings. The Bertz CT molecular complexity index is 585. The molecule has 1 saturated heterocycles. The first-order valence-corrected chi connectivity index (χ1v) is 7.59. The Morgan fingerprint density at radius 3 is 3.18 bits per heavy atom. The minimum absolute atomic E-state index is 0.153. The molecule has 1 aliphatic rings. The zero-order chi connectivity index (χ0) is 15.2. The normalized spacial score (nSPS) is 19.0. The number of hydrogen-bond donors (Lipinski definition) is 1. The molecule has 0 saturated carbocycles. The van der Waals surface area contributed by atoms with E-state index in [1.54, 1.807) is 18.7 Å². The average Bonchev–Trinajstić information content (AvgIpc) is 3.07. The molecule has 6 heteroatoms. The lowest BCUT2D eigenvalue weighted by molar-refractivity contribution is 0.0925. The Morgan fingerprint density at radius 1 is 1.45 bits per heavy atom. The number of piperidine rings is 1. The van der Waals surface area contributed by atoms with Gasteiger partial charge >= 0.3 is 0 Å². The van der Waals surface area contributed by atoms with E-state index in [1.165, 1.54) is 18.0 Å². The van der Waals surface area contributed by atoms with Crippen molar-refractivity contribution in [3.8, 4) is 0 Å². The molecule has 1 N–H and O–H groups in total. The maximum atomic E-state index is 12.0. The molecule has 2 aromatic heterocycles. The summed E-state index contributed by atoms with van der Waals surface area (Å²) in [5.74, 6) is 0.321. The molecule has 1 amide bonds. The summed E-state index contributed by atoms with van der Waals surface area (Å²) in [6.45, 7) is 3.67. The van der Waals surface area contributed by atoms with Crippen molar-refractivity contribution in [2.75, 3.05) is 19.6 Å². The summed E-state index contributed by atoms with van der Waals surface area (Å²) in [5, 5.41) is 2.96. The highest BCUT2D eigenvalue weighted by Crippen LogP contribution is 2.18. The fourth-order valence-corrected chi connectivity index (χ4v) is 2.85. The number of carbonyl (C=O) groups is 1. The molecular weight excluding hydrogens is 280 g/mol. The lowest BCUT2D eigenvalue weighted by Crippen LogP contribution is -2.40. The van der Waals surface area contributed by atoms with Crippen LogP contribution in [-0.4, -0.2) is 40.4 Å². The second-order valence-corrected chi connectivity index (χ2v) is 5.68. The number of nitrogens with one attached hydrogen (secondary N) is 1. The standard InChI is InChI=1S/C16H20N4O2/c21-16(15-9-17-4-5-18-15)19-8-13-2-1-6-20(10-13)11-14-3-7-22-12-14/h3-5,7,9,12-13H,1-2,6,8,10-11H2,(H,19,21). The summed E-state index contributed by atoms with van der Waals surface area (Å²) in [6, 6.07) is 2.00. The summed E-state index contributed by atoms with van der Waals surface area (Å²) in [5.41, 5.74) is 1.57. The molecule has 1 unspecified atom stereocenters. The SMILES string of the molecule is O=C(NCC1CCCN(Cc2ccoc2)C1)c1cnccn1. The topological polar surface area (TPSA) is 71.3 Å². The van der Waals surface area contributed by atoms with Crippen molar-refractivity contribution < 1.29 is 9.21 Å². The lowest BCUT2D eigenvalue weighted by Gasteiger charge is -2.32. The van der Waals surface area contributed by atoms with E-state index in [0.717, 1.165) is 32.5 Å². The molecule has 0 aromatic carbocycles. The number of hydrogen-bond acceptors (Lipinski definition) is 5. The van der Waals surface area contributed by atoms with Crippen molar-refractivity contribution in [1.82, 2.24) is 20.2 Å². The van der Waals surface area contributed by atoms with Gasteiger partial charge in [0, 0.05) is 37.6 Å². The zero-order valence-electron chi connectivity index (χ0n) is 12.4. The van der Waals surface area contributed by atoms with Gasteiger partial charge in [0.2, 0.25) is 0 Å². The maximum absolute atomic E-state index is 12.0. The van der Waals surface area contributed by atoms with Crippen LogP contribution in [0, 0.1) is 5.92 Å². The van der Waals surface area contributed by atoms with E-state index < -0.39 is 0 Å². The number of carbonyl (C=O) groups excluding carboxylic acids is 1. The highest BCUT2D eigenvalue weighted by molar-refractivity contribution is 5.91. The van der Waals surface area contributed by atoms with E-state index in [1.807, 2.05) is 6.07 Å². The number of nitrogens with zero attached hydrogens (tertiary/aromatic N) is 3. The first-order valence-electron chi connectivity index (χ1n) is 7.59. The van der Waals surface area contributed by atoms with Crippen LogP contribution in [0.4, 0.5) is 0 Å². The summed E-state index contributed by atoms with van der Waals surface area (Å²) >= 11 is 0. The van der Waals surface area contributed by atoms with Gasteiger partial charge in [0.05, 0.1) is 18.7 Å². The molecule has 2 aromatic rings. The summed E-state index contributed by atoms with van der Waals surface area (Å²) < 4.78 is 5.11. The molecule has 1 aliphatic heterocycles. The smallest absolute Gasteiger partial charge is 0.271 e. The maximum Gasteiger partial charge on any atom is 0.271 e. The second kappa shape index (κ2) is 7.17. The van der Waals surface area contributed by atoms with Crippen LogP contribution in [0.2, 0.25) is 0 Å². The van der Waals surface area contributed by atoms with Crippen molar-refractivity contribution >= 4 is 5.91 Å². The fraction of sp³-hybridized carbons (Fsp3) is 0.438. The molecule has 1 atom stereocenters. The fourth-order valence-electron chi connectivity index (χ4n) is 2.85. The van der Waals surface area contributed by atoms with E-state index in [0.29, 0.717) is 18.2 Å². The van der Waals surface area contributed by atoms with Crippen LogP contribution in [0.5, 0.6) is 0 Å². The van der Waals surface area contributed by atoms with E-state index in [2.05, 4.69) is 20.2 Å². The van der Waals surface area contributed by atoms with Crippen LogP contribution in [0.1, 0.15) is 28.9 Å². The van der Waals surface area contributed by atoms with Crippen LogP contribution in [0.15, 0.2) is 41.6 Å². The third kappa shape index (κ3) is 3.92. The van der Waals surface area contributed by atoms with Gasteiger partial charge in [-0.2, -0.15) is 0 Å². The van der Waals surface area contributed by atoms with Crippen LogP contribution in [-0.2, 0) is 6.54 Å². The molecule has 22 heavy (non-hydrogen) atoms. The molecule has 0 aliphatic carbocycles. The molecule has 0 spiro atoms. The van der Waals surface area contributed by atoms with Crippen molar-refractivity contribution in [1.29, 1.82) is 0 Å². The molecule has 3 heterocycles. The van der Waals surface area contributed by atoms with E-state index in [4.69, 9.17) is 4.42 Å². The van der Waals surface area contributed by atoms with Gasteiger partial charge in [-0.15, -0.1) is 0 Å². The van der Waals surface area contributed by atoms with Crippen LogP contribution >= 0.6 is 0 Å². The van der Waals surface area contributed by atoms with Crippen LogP contribution < -0.4 is 5.32 Å². The van der Waals surface area contributed by atoms with Gasteiger partial charge in [-0.3, -0.25) is 14.7 Å². The van der Waals surface area contributed by atoms with Gasteiger partial charge in [-0.25, -0.2) is 4.98 Å². The highest BCUT2D eigenvalue weighted by atomic mass is 16.3. The largest absolute Gasteiger partial charge is 0.472 e. The Morgan fingerprint density at radius 2 is 2.41 bits per heavy atom. The van der Waals surface area contributed by atoms with Crippen molar-refractivity contribution in [2.24, 2.45) is 5.92 Å². The number of amides is 1. The number of aromatic nitrogens is 2. The molecule has 6 nitrogen and oxygen atoms in total. The monoisotopic (exact) mass is 300 g/mol. The second-order valence-electron chi connectivity index (χ2n) is 5.68. The summed E-state index contributed by atoms with van der Waals surface area (Å²) in [7, 11) is 0. The van der Waals surface area contributed by atoms with Crippen molar-refractivity contribution in [2.45, 2.75) is 19.4 Å².